The molecule has 4 rings (SSSR count). The molecule has 0 saturated carbocycles. The van der Waals surface area contributed by atoms with E-state index in [2.05, 4.69) is 12.2 Å². The highest BCUT2D eigenvalue weighted by Gasteiger charge is 2.52. The molecule has 1 fully saturated rings. The van der Waals surface area contributed by atoms with E-state index in [9.17, 15) is 9.59 Å². The number of likely N-dealkylation sites (N-methyl/N-ethyl adjacent to an activating group) is 1. The van der Waals surface area contributed by atoms with E-state index in [1.54, 1.807) is 18.2 Å². The maximum atomic E-state index is 13.1. The molecule has 5 nitrogen and oxygen atoms in total. The first-order valence-corrected chi connectivity index (χ1v) is 11.1. The van der Waals surface area contributed by atoms with Gasteiger partial charge in [0.1, 0.15) is 11.2 Å². The third-order valence-corrected chi connectivity index (χ3v) is 6.97. The summed E-state index contributed by atoms with van der Waals surface area (Å²) in [6.45, 7) is 7.19. The van der Waals surface area contributed by atoms with E-state index in [0.29, 0.717) is 22.9 Å². The summed E-state index contributed by atoms with van der Waals surface area (Å²) >= 11 is 6.24. The Bertz CT molecular complexity index is 941. The second-order valence-corrected chi connectivity index (χ2v) is 8.80. The zero-order chi connectivity index (χ0) is 21.2. The molecule has 1 unspecified atom stereocenters. The number of ether oxygens (including phenoxy) is 1. The van der Waals surface area contributed by atoms with Crippen molar-refractivity contribution in [3.05, 3.63) is 64.7 Å². The number of nitrogens with zero attached hydrogens (tertiary/aromatic N) is 1. The van der Waals surface area contributed by atoms with Gasteiger partial charge in [-0.25, -0.2) is 0 Å². The topological polar surface area (TPSA) is 55.4 Å². The second kappa shape index (κ2) is 8.40. The Morgan fingerprint density at radius 1 is 1.17 bits per heavy atom. The molecule has 2 aromatic carbocycles. The average molecular weight is 428 g/mol. The van der Waals surface area contributed by atoms with Gasteiger partial charge in [0.15, 0.2) is 0 Å². The van der Waals surface area contributed by atoms with Crippen LogP contribution in [0.1, 0.15) is 37.3 Å². The Morgan fingerprint density at radius 3 is 2.60 bits per heavy atom. The number of quaternary nitrogens is 1. The molecule has 1 atom stereocenters. The zero-order valence-corrected chi connectivity index (χ0v) is 18.1. The standard InChI is InChI=1S/C24H27ClN2O3/c1-2-27(13-6-7-14-27)15-12-26-22(28)17-24(18-8-4-3-5-9-18)20-16-19(25)10-11-21(20)30-23(24)29/h3-5,8-11,16H,2,6-7,12-15,17H2,1H3/p+1. The lowest BCUT2D eigenvalue weighted by molar-refractivity contribution is -0.913. The van der Waals surface area contributed by atoms with Gasteiger partial charge in [-0.2, -0.15) is 0 Å². The summed E-state index contributed by atoms with van der Waals surface area (Å²) in [5.41, 5.74) is 0.205. The van der Waals surface area contributed by atoms with Crippen molar-refractivity contribution in [2.24, 2.45) is 0 Å². The molecule has 0 bridgehead atoms. The van der Waals surface area contributed by atoms with Gasteiger partial charge in [0, 0.05) is 23.4 Å². The van der Waals surface area contributed by atoms with Crippen molar-refractivity contribution < 1.29 is 18.8 Å². The highest BCUT2D eigenvalue weighted by Crippen LogP contribution is 2.47. The van der Waals surface area contributed by atoms with Gasteiger partial charge in [0.05, 0.1) is 39.1 Å². The van der Waals surface area contributed by atoms with Crippen molar-refractivity contribution in [2.75, 3.05) is 32.7 Å². The molecule has 0 aliphatic carbocycles. The van der Waals surface area contributed by atoms with Gasteiger partial charge in [-0.15, -0.1) is 0 Å². The van der Waals surface area contributed by atoms with Gasteiger partial charge in [-0.1, -0.05) is 41.9 Å². The summed E-state index contributed by atoms with van der Waals surface area (Å²) in [5, 5.41) is 3.57. The highest BCUT2D eigenvalue weighted by molar-refractivity contribution is 6.30. The number of fused-ring (bicyclic) bond motifs is 1. The fourth-order valence-electron chi connectivity index (χ4n) is 4.93. The zero-order valence-electron chi connectivity index (χ0n) is 17.3. The smallest absolute Gasteiger partial charge is 0.327 e. The number of rotatable bonds is 7. The fourth-order valence-corrected chi connectivity index (χ4v) is 5.10. The van der Waals surface area contributed by atoms with Crippen LogP contribution in [0.4, 0.5) is 0 Å². The number of benzene rings is 2. The van der Waals surface area contributed by atoms with E-state index in [1.165, 1.54) is 25.9 Å². The lowest BCUT2D eigenvalue weighted by Gasteiger charge is -2.33. The Balaban J connectivity index is 1.57. The molecule has 1 N–H and O–H groups in total. The number of hydrogen-bond donors (Lipinski definition) is 1. The predicted molar refractivity (Wildman–Crippen MR) is 117 cm³/mol. The number of likely N-dealkylation sites (tertiary alicyclic amines) is 1. The minimum absolute atomic E-state index is 0.00465. The van der Waals surface area contributed by atoms with Crippen LogP contribution in [0.15, 0.2) is 48.5 Å². The van der Waals surface area contributed by atoms with Gasteiger partial charge >= 0.3 is 5.97 Å². The van der Waals surface area contributed by atoms with E-state index in [1.807, 2.05) is 30.3 Å². The first-order chi connectivity index (χ1) is 14.5. The number of halogens is 1. The van der Waals surface area contributed by atoms with E-state index >= 15 is 0 Å². The van der Waals surface area contributed by atoms with Crippen LogP contribution in [-0.2, 0) is 15.0 Å². The van der Waals surface area contributed by atoms with Crippen LogP contribution < -0.4 is 10.1 Å². The molecule has 0 aromatic heterocycles. The summed E-state index contributed by atoms with van der Waals surface area (Å²) in [7, 11) is 0. The normalized spacial score (nSPS) is 21.9. The molecule has 2 aliphatic heterocycles. The van der Waals surface area contributed by atoms with Crippen molar-refractivity contribution in [3.63, 3.8) is 0 Å². The molecule has 1 amide bonds. The van der Waals surface area contributed by atoms with Crippen molar-refractivity contribution >= 4 is 23.5 Å². The van der Waals surface area contributed by atoms with Crippen molar-refractivity contribution in [2.45, 2.75) is 31.6 Å². The van der Waals surface area contributed by atoms with Crippen molar-refractivity contribution in [1.82, 2.24) is 5.32 Å². The highest BCUT2D eigenvalue weighted by atomic mass is 35.5. The van der Waals surface area contributed by atoms with E-state index in [-0.39, 0.29) is 12.3 Å². The first kappa shape index (κ1) is 20.9. The first-order valence-electron chi connectivity index (χ1n) is 10.7. The molecule has 6 heteroatoms. The molecule has 1 saturated heterocycles. The Morgan fingerprint density at radius 2 is 1.90 bits per heavy atom. The summed E-state index contributed by atoms with van der Waals surface area (Å²) in [5.74, 6) is -0.122. The molecular formula is C24H28ClN2O3+. The number of carbonyl (C=O) groups is 2. The van der Waals surface area contributed by atoms with Crippen LogP contribution in [0.5, 0.6) is 5.75 Å². The summed E-state index contributed by atoms with van der Waals surface area (Å²) in [6, 6.07) is 14.5. The van der Waals surface area contributed by atoms with Gasteiger partial charge < -0.3 is 14.5 Å². The number of amides is 1. The third kappa shape index (κ3) is 3.72. The Hall–Kier alpha value is -2.37. The molecule has 2 aliphatic rings. The van der Waals surface area contributed by atoms with Gasteiger partial charge in [0.2, 0.25) is 5.91 Å². The van der Waals surface area contributed by atoms with Gasteiger partial charge in [-0.3, -0.25) is 9.59 Å². The summed E-state index contributed by atoms with van der Waals surface area (Å²) in [4.78, 5) is 26.2. The quantitative estimate of drug-likeness (QED) is 0.416. The van der Waals surface area contributed by atoms with Gasteiger partial charge in [0.25, 0.3) is 0 Å². The maximum Gasteiger partial charge on any atom is 0.327 e. The third-order valence-electron chi connectivity index (χ3n) is 6.74. The van der Waals surface area contributed by atoms with Crippen LogP contribution in [0.3, 0.4) is 0 Å². The molecule has 0 radical (unpaired) electrons. The average Bonchev–Trinajstić information content (AvgIpc) is 3.33. The van der Waals surface area contributed by atoms with Crippen LogP contribution in [0.2, 0.25) is 5.02 Å². The number of carbonyl (C=O) groups excluding carboxylic acids is 2. The summed E-state index contributed by atoms with van der Waals surface area (Å²) < 4.78 is 6.63. The van der Waals surface area contributed by atoms with Crippen LogP contribution >= 0.6 is 11.6 Å². The Kier molecular flexibility index (Phi) is 5.85. The molecule has 0 spiro atoms. The fraction of sp³-hybridized carbons (Fsp3) is 0.417. The molecule has 2 aromatic rings. The van der Waals surface area contributed by atoms with E-state index < -0.39 is 11.4 Å². The summed E-state index contributed by atoms with van der Waals surface area (Å²) in [6.07, 6.45) is 2.50. The van der Waals surface area contributed by atoms with Crippen molar-refractivity contribution in [1.29, 1.82) is 0 Å². The van der Waals surface area contributed by atoms with Gasteiger partial charge in [-0.05, 0) is 30.7 Å². The SMILES string of the molecule is CC[N+]1(CCNC(=O)CC2(c3ccccc3)C(=O)Oc3ccc(Cl)cc32)CCCC1. The molecular weight excluding hydrogens is 400 g/mol. The van der Waals surface area contributed by atoms with Crippen LogP contribution in [-0.4, -0.2) is 49.1 Å². The van der Waals surface area contributed by atoms with Crippen molar-refractivity contribution in [3.8, 4) is 5.75 Å². The number of nitrogens with one attached hydrogen (secondary N) is 1. The predicted octanol–water partition coefficient (Wildman–Crippen LogP) is 3.68. The molecule has 158 valence electrons. The van der Waals surface area contributed by atoms with Crippen LogP contribution in [0.25, 0.3) is 0 Å². The minimum Gasteiger partial charge on any atom is -0.425 e. The second-order valence-electron chi connectivity index (χ2n) is 8.36. The Labute approximate surface area is 182 Å². The number of hydrogen-bond acceptors (Lipinski definition) is 3. The van der Waals surface area contributed by atoms with E-state index in [4.69, 9.17) is 16.3 Å². The lowest BCUT2D eigenvalue weighted by atomic mass is 9.73. The van der Waals surface area contributed by atoms with Crippen LogP contribution in [0, 0.1) is 0 Å². The maximum absolute atomic E-state index is 13.1. The minimum atomic E-state index is -1.18. The largest absolute Gasteiger partial charge is 0.425 e. The van der Waals surface area contributed by atoms with E-state index in [0.717, 1.165) is 23.1 Å². The monoisotopic (exact) mass is 427 g/mol. The number of esters is 1. The molecule has 30 heavy (non-hydrogen) atoms. The lowest BCUT2D eigenvalue weighted by Crippen LogP contribution is -2.50. The molecule has 2 heterocycles.